The fourth-order valence-electron chi connectivity index (χ4n) is 2.67. The summed E-state index contributed by atoms with van der Waals surface area (Å²) >= 11 is 0. The first-order chi connectivity index (χ1) is 9.99. The van der Waals surface area contributed by atoms with Gasteiger partial charge >= 0.3 is 0 Å². The molecule has 0 radical (unpaired) electrons. The second kappa shape index (κ2) is 5.35. The zero-order valence-corrected chi connectivity index (χ0v) is 12.9. The Balaban J connectivity index is 1.89. The Morgan fingerprint density at radius 1 is 1.43 bits per heavy atom. The largest absolute Gasteiger partial charge is 0.399 e. The van der Waals surface area contributed by atoms with Crippen LogP contribution in [0, 0.1) is 5.92 Å². The van der Waals surface area contributed by atoms with Gasteiger partial charge in [0.15, 0.2) is 0 Å². The highest BCUT2D eigenvalue weighted by Gasteiger charge is 2.28. The van der Waals surface area contributed by atoms with E-state index in [1.807, 2.05) is 6.92 Å². The highest BCUT2D eigenvalue weighted by Crippen LogP contribution is 2.34. The maximum atomic E-state index is 12.6. The van der Waals surface area contributed by atoms with Crippen LogP contribution >= 0.6 is 0 Å². The molecule has 1 unspecified atom stereocenters. The van der Waals surface area contributed by atoms with Gasteiger partial charge in [0.05, 0.1) is 0 Å². The normalized spacial score (nSPS) is 17.2. The van der Waals surface area contributed by atoms with Crippen LogP contribution < -0.4 is 10.5 Å². The summed E-state index contributed by atoms with van der Waals surface area (Å²) in [7, 11) is -3.53. The third-order valence-corrected chi connectivity index (χ3v) is 5.65. The lowest BCUT2D eigenvalue weighted by Gasteiger charge is -2.16. The minimum absolute atomic E-state index is 0.00788. The van der Waals surface area contributed by atoms with Crippen LogP contribution in [-0.4, -0.2) is 19.4 Å². The van der Waals surface area contributed by atoms with Gasteiger partial charge in [0, 0.05) is 28.8 Å². The van der Waals surface area contributed by atoms with Gasteiger partial charge in [0.2, 0.25) is 10.0 Å². The molecule has 114 valence electrons. The van der Waals surface area contributed by atoms with Crippen LogP contribution in [0.25, 0.3) is 10.9 Å². The summed E-state index contributed by atoms with van der Waals surface area (Å²) in [6.07, 6.45) is 5.72. The maximum absolute atomic E-state index is 12.6. The molecule has 2 aromatic rings. The summed E-state index contributed by atoms with van der Waals surface area (Å²) in [5, 5.41) is 0.642. The van der Waals surface area contributed by atoms with Crippen molar-refractivity contribution in [2.24, 2.45) is 5.92 Å². The number of benzene rings is 1. The first kappa shape index (κ1) is 14.4. The molecule has 1 aromatic heterocycles. The number of sulfonamides is 1. The third kappa shape index (κ3) is 3.06. The number of anilines is 1. The number of rotatable bonds is 6. The third-order valence-electron chi connectivity index (χ3n) is 4.09. The Morgan fingerprint density at radius 3 is 2.86 bits per heavy atom. The Kier molecular flexibility index (Phi) is 3.67. The smallest absolute Gasteiger partial charge is 0.242 e. The van der Waals surface area contributed by atoms with Gasteiger partial charge in [-0.25, -0.2) is 13.1 Å². The summed E-state index contributed by atoms with van der Waals surface area (Å²) in [5.41, 5.74) is 7.10. The molecule has 1 aromatic carbocycles. The van der Waals surface area contributed by atoms with Crippen molar-refractivity contribution in [3.8, 4) is 0 Å². The number of aromatic nitrogens is 1. The number of aromatic amines is 1. The van der Waals surface area contributed by atoms with Crippen LogP contribution in [0.1, 0.15) is 32.6 Å². The first-order valence-corrected chi connectivity index (χ1v) is 8.87. The highest BCUT2D eigenvalue weighted by atomic mass is 32.2. The van der Waals surface area contributed by atoms with E-state index in [9.17, 15) is 8.42 Å². The summed E-state index contributed by atoms with van der Waals surface area (Å²) < 4.78 is 28.1. The Labute approximate surface area is 125 Å². The first-order valence-electron chi connectivity index (χ1n) is 7.38. The number of fused-ring (bicyclic) bond motifs is 1. The average Bonchev–Trinajstić information content (AvgIpc) is 3.14. The molecule has 0 amide bonds. The molecule has 0 aliphatic heterocycles. The second-order valence-electron chi connectivity index (χ2n) is 5.86. The van der Waals surface area contributed by atoms with E-state index in [1.165, 1.54) is 19.0 Å². The van der Waals surface area contributed by atoms with E-state index in [0.29, 0.717) is 17.0 Å². The van der Waals surface area contributed by atoms with Gasteiger partial charge in [-0.3, -0.25) is 0 Å². The van der Waals surface area contributed by atoms with E-state index in [-0.39, 0.29) is 10.9 Å². The van der Waals surface area contributed by atoms with Crippen molar-refractivity contribution in [1.82, 2.24) is 9.71 Å². The fourth-order valence-corrected chi connectivity index (χ4v) is 4.17. The molecule has 3 rings (SSSR count). The number of nitrogens with one attached hydrogen (secondary N) is 2. The van der Waals surface area contributed by atoms with Crippen LogP contribution in [0.3, 0.4) is 0 Å². The van der Waals surface area contributed by atoms with Crippen molar-refractivity contribution in [3.63, 3.8) is 0 Å². The van der Waals surface area contributed by atoms with Crippen LogP contribution in [-0.2, 0) is 10.0 Å². The summed E-state index contributed by atoms with van der Waals surface area (Å²) in [6, 6.07) is 5.26. The Hall–Kier alpha value is -1.53. The van der Waals surface area contributed by atoms with Gasteiger partial charge in [-0.15, -0.1) is 0 Å². The Morgan fingerprint density at radius 2 is 2.19 bits per heavy atom. The van der Waals surface area contributed by atoms with Crippen molar-refractivity contribution in [1.29, 1.82) is 0 Å². The summed E-state index contributed by atoms with van der Waals surface area (Å²) in [4.78, 5) is 3.27. The number of hydrogen-bond acceptors (Lipinski definition) is 3. The van der Waals surface area contributed by atoms with Crippen LogP contribution in [0.15, 0.2) is 29.3 Å². The van der Waals surface area contributed by atoms with Crippen LogP contribution in [0.4, 0.5) is 5.69 Å². The van der Waals surface area contributed by atoms with E-state index in [0.717, 1.165) is 18.4 Å². The standard InChI is InChI=1S/C15H21N3O2S/c1-2-12(7-10-3-4-10)18-21(19,20)15-9-17-14-6-5-11(16)8-13(14)15/h5-6,8-10,12,17-18H,2-4,7,16H2,1H3. The zero-order chi connectivity index (χ0) is 15.0. The molecule has 0 bridgehead atoms. The lowest BCUT2D eigenvalue weighted by molar-refractivity contribution is 0.495. The number of nitrogen functional groups attached to an aromatic ring is 1. The van der Waals surface area contributed by atoms with Gasteiger partial charge in [-0.2, -0.15) is 0 Å². The minimum atomic E-state index is -3.53. The molecular weight excluding hydrogens is 286 g/mol. The molecule has 5 nitrogen and oxygen atoms in total. The molecule has 0 spiro atoms. The predicted octanol–water partition coefficient (Wildman–Crippen LogP) is 2.61. The van der Waals surface area contributed by atoms with Crippen molar-refractivity contribution in [2.45, 2.75) is 43.5 Å². The predicted molar refractivity (Wildman–Crippen MR) is 84.5 cm³/mol. The molecule has 1 aliphatic rings. The topological polar surface area (TPSA) is 88.0 Å². The molecule has 21 heavy (non-hydrogen) atoms. The molecule has 6 heteroatoms. The van der Waals surface area contributed by atoms with Gasteiger partial charge in [-0.05, 0) is 37.0 Å². The summed E-state index contributed by atoms with van der Waals surface area (Å²) in [5.74, 6) is 0.691. The molecule has 1 aliphatic carbocycles. The fraction of sp³-hybridized carbons (Fsp3) is 0.467. The van der Waals surface area contributed by atoms with E-state index >= 15 is 0 Å². The zero-order valence-electron chi connectivity index (χ0n) is 12.1. The molecule has 4 N–H and O–H groups in total. The molecule has 0 saturated heterocycles. The number of hydrogen-bond donors (Lipinski definition) is 3. The molecular formula is C15H21N3O2S. The lowest BCUT2D eigenvalue weighted by Crippen LogP contribution is -2.34. The lowest BCUT2D eigenvalue weighted by atomic mass is 10.1. The minimum Gasteiger partial charge on any atom is -0.399 e. The van der Waals surface area contributed by atoms with Gasteiger partial charge in [0.25, 0.3) is 0 Å². The van der Waals surface area contributed by atoms with Gasteiger partial charge in [-0.1, -0.05) is 19.8 Å². The van der Waals surface area contributed by atoms with Crippen LogP contribution in [0.2, 0.25) is 0 Å². The van der Waals surface area contributed by atoms with Crippen molar-refractivity contribution >= 4 is 26.6 Å². The molecule has 1 atom stereocenters. The monoisotopic (exact) mass is 307 g/mol. The van der Waals surface area contributed by atoms with Gasteiger partial charge in [0.1, 0.15) is 4.90 Å². The molecule has 1 saturated carbocycles. The molecule has 1 fully saturated rings. The molecule has 1 heterocycles. The average molecular weight is 307 g/mol. The van der Waals surface area contributed by atoms with E-state index in [1.54, 1.807) is 18.2 Å². The summed E-state index contributed by atoms with van der Waals surface area (Å²) in [6.45, 7) is 2.02. The van der Waals surface area contributed by atoms with Crippen molar-refractivity contribution < 1.29 is 8.42 Å². The van der Waals surface area contributed by atoms with E-state index < -0.39 is 10.0 Å². The number of nitrogens with two attached hydrogens (primary N) is 1. The highest BCUT2D eigenvalue weighted by molar-refractivity contribution is 7.89. The SMILES string of the molecule is CCC(CC1CC1)NS(=O)(=O)c1c[nH]c2ccc(N)cc12. The van der Waals surface area contributed by atoms with E-state index in [4.69, 9.17) is 5.73 Å². The maximum Gasteiger partial charge on any atom is 0.242 e. The van der Waals surface area contributed by atoms with Gasteiger partial charge < -0.3 is 10.7 Å². The second-order valence-corrected chi connectivity index (χ2v) is 7.55. The quantitative estimate of drug-likeness (QED) is 0.717. The van der Waals surface area contributed by atoms with Crippen LogP contribution in [0.5, 0.6) is 0 Å². The Bertz CT molecular complexity index is 747. The number of H-pyrrole nitrogens is 1. The van der Waals surface area contributed by atoms with Crippen molar-refractivity contribution in [3.05, 3.63) is 24.4 Å². The van der Waals surface area contributed by atoms with Crippen molar-refractivity contribution in [2.75, 3.05) is 5.73 Å². The van der Waals surface area contributed by atoms with E-state index in [2.05, 4.69) is 9.71 Å².